The number of halogens is 7. The molecule has 1 aromatic rings. The van der Waals surface area contributed by atoms with Crippen molar-refractivity contribution in [3.63, 3.8) is 0 Å². The van der Waals surface area contributed by atoms with Crippen LogP contribution in [0, 0.1) is 17.8 Å². The number of nitrogens with one attached hydrogen (secondary N) is 2. The van der Waals surface area contributed by atoms with Crippen LogP contribution >= 0.6 is 0 Å². The summed E-state index contributed by atoms with van der Waals surface area (Å²) in [5, 5.41) is 3.92. The monoisotopic (exact) mass is 399 g/mol. The van der Waals surface area contributed by atoms with Gasteiger partial charge >= 0.3 is 12.4 Å². The number of alkyl halides is 7. The smallest absolute Gasteiger partial charge is 0.343 e. The topological polar surface area (TPSA) is 62.7 Å². The molecule has 0 unspecified atom stereocenters. The molecule has 1 saturated carbocycles. The van der Waals surface area contributed by atoms with E-state index in [-0.39, 0.29) is 24.6 Å². The molecule has 150 valence electrons. The summed E-state index contributed by atoms with van der Waals surface area (Å²) in [6, 6.07) is -4.10. The van der Waals surface area contributed by atoms with Crippen LogP contribution in [0.5, 0.6) is 0 Å². The number of hydrogen-bond acceptors (Lipinski definition) is 5. The van der Waals surface area contributed by atoms with Crippen LogP contribution in [0.1, 0.15) is 32.5 Å². The number of hydrogen-bond donors (Lipinski definition) is 2. The molecule has 0 amide bonds. The molecule has 5 nitrogen and oxygen atoms in total. The molecule has 12 heteroatoms. The quantitative estimate of drug-likeness (QED) is 0.597. The second kappa shape index (κ2) is 7.74. The number of nitrogens with zero attached hydrogens (tertiary/aromatic N) is 3. The zero-order valence-electron chi connectivity index (χ0n) is 14.2. The summed E-state index contributed by atoms with van der Waals surface area (Å²) < 4.78 is 88.9. The molecule has 0 aliphatic heterocycles. The molecule has 0 spiro atoms. The highest BCUT2D eigenvalue weighted by Crippen LogP contribution is 2.29. The first kappa shape index (κ1) is 21.0. The van der Waals surface area contributed by atoms with Crippen molar-refractivity contribution in [3.8, 4) is 11.8 Å². The zero-order valence-corrected chi connectivity index (χ0v) is 14.2. The molecule has 1 aromatic heterocycles. The molecule has 1 aliphatic rings. The van der Waals surface area contributed by atoms with Crippen LogP contribution in [-0.4, -0.2) is 45.6 Å². The lowest BCUT2D eigenvalue weighted by Crippen LogP contribution is -2.35. The Morgan fingerprint density at radius 1 is 0.889 bits per heavy atom. The van der Waals surface area contributed by atoms with Gasteiger partial charge in [-0.05, 0) is 32.6 Å². The predicted octanol–water partition coefficient (Wildman–Crippen LogP) is 3.70. The van der Waals surface area contributed by atoms with Crippen LogP contribution in [0.3, 0.4) is 0 Å². The van der Waals surface area contributed by atoms with Gasteiger partial charge in [-0.15, -0.1) is 0 Å². The van der Waals surface area contributed by atoms with E-state index >= 15 is 0 Å². The van der Waals surface area contributed by atoms with Gasteiger partial charge in [-0.25, -0.2) is 4.39 Å². The molecule has 2 rings (SSSR count). The molecular weight excluding hydrogens is 383 g/mol. The molecular formula is C15H16F7N5. The fourth-order valence-corrected chi connectivity index (χ4v) is 1.94. The number of anilines is 2. The van der Waals surface area contributed by atoms with Crippen molar-refractivity contribution < 1.29 is 30.7 Å². The fourth-order valence-electron chi connectivity index (χ4n) is 1.94. The molecule has 0 radical (unpaired) electrons. The van der Waals surface area contributed by atoms with Crippen LogP contribution in [0.4, 0.5) is 42.6 Å². The lowest BCUT2D eigenvalue weighted by atomic mass is 9.84. The van der Waals surface area contributed by atoms with Gasteiger partial charge in [-0.2, -0.15) is 41.3 Å². The van der Waals surface area contributed by atoms with Gasteiger partial charge in [0.15, 0.2) is 0 Å². The van der Waals surface area contributed by atoms with E-state index in [2.05, 4.69) is 26.8 Å². The van der Waals surface area contributed by atoms with Crippen molar-refractivity contribution in [2.24, 2.45) is 5.92 Å². The van der Waals surface area contributed by atoms with Crippen molar-refractivity contribution in [1.29, 1.82) is 0 Å². The van der Waals surface area contributed by atoms with E-state index in [1.54, 1.807) is 0 Å². The summed E-state index contributed by atoms with van der Waals surface area (Å²) in [6.45, 7) is 1.60. The Bertz CT molecular complexity index is 676. The minimum absolute atomic E-state index is 0.213. The zero-order chi connectivity index (χ0) is 20.4. The van der Waals surface area contributed by atoms with E-state index < -0.39 is 42.5 Å². The average molecular weight is 399 g/mol. The highest BCUT2D eigenvalue weighted by Gasteiger charge is 2.38. The normalized spacial score (nSPS) is 22.1. The van der Waals surface area contributed by atoms with Crippen LogP contribution in [0.2, 0.25) is 0 Å². The third-order valence-corrected chi connectivity index (χ3v) is 3.78. The third kappa shape index (κ3) is 6.11. The maximum Gasteiger partial charge on any atom is 0.408 e. The van der Waals surface area contributed by atoms with Gasteiger partial charge in [0.2, 0.25) is 17.7 Å². The molecule has 0 aromatic carbocycles. The van der Waals surface area contributed by atoms with Crippen LogP contribution < -0.4 is 10.6 Å². The van der Waals surface area contributed by atoms with E-state index in [4.69, 9.17) is 0 Å². The van der Waals surface area contributed by atoms with E-state index in [1.807, 2.05) is 10.6 Å². The largest absolute Gasteiger partial charge is 0.408 e. The van der Waals surface area contributed by atoms with Gasteiger partial charge in [0.25, 0.3) is 0 Å². The molecule has 27 heavy (non-hydrogen) atoms. The van der Waals surface area contributed by atoms with Gasteiger partial charge in [0.05, 0.1) is 0 Å². The Morgan fingerprint density at radius 2 is 1.33 bits per heavy atom. The summed E-state index contributed by atoms with van der Waals surface area (Å²) in [4.78, 5) is 10.9. The Morgan fingerprint density at radius 3 is 1.70 bits per heavy atom. The number of aromatic nitrogens is 3. The molecule has 0 saturated heterocycles. The molecule has 1 fully saturated rings. The maximum absolute atomic E-state index is 12.8. The van der Waals surface area contributed by atoms with Crippen molar-refractivity contribution in [1.82, 2.24) is 15.0 Å². The van der Waals surface area contributed by atoms with Crippen LogP contribution in [0.25, 0.3) is 0 Å². The van der Waals surface area contributed by atoms with Gasteiger partial charge < -0.3 is 10.6 Å². The van der Waals surface area contributed by atoms with Crippen molar-refractivity contribution in [2.75, 3.05) is 10.6 Å². The Kier molecular flexibility index (Phi) is 6.01. The lowest BCUT2D eigenvalue weighted by molar-refractivity contribution is -0.139. The van der Waals surface area contributed by atoms with E-state index in [0.29, 0.717) is 0 Å². The summed E-state index contributed by atoms with van der Waals surface area (Å²) in [6.07, 6.45) is -9.77. The van der Waals surface area contributed by atoms with Crippen molar-refractivity contribution in [3.05, 3.63) is 5.82 Å². The summed E-state index contributed by atoms with van der Waals surface area (Å²) in [5.41, 5.74) is 0. The Labute approximate surface area is 150 Å². The van der Waals surface area contributed by atoms with Crippen LogP contribution in [0.15, 0.2) is 0 Å². The standard InChI is InChI=1S/C15H16F7N5/c1-7(14(17,18)19)23-12-25-11(4-3-9-5-10(16)6-9)26-13(27-12)24-8(2)15(20,21)22/h7-10H,5-6H2,1-2H3,(H2,23,24,25,26,27)/t7-,8-,9?,10?/m1/s1. The van der Waals surface area contributed by atoms with Gasteiger partial charge in [-0.3, -0.25) is 0 Å². The first-order valence-corrected chi connectivity index (χ1v) is 7.92. The summed E-state index contributed by atoms with van der Waals surface area (Å²) >= 11 is 0. The maximum atomic E-state index is 12.8. The van der Waals surface area contributed by atoms with Crippen LogP contribution in [-0.2, 0) is 0 Å². The second-order valence-electron chi connectivity index (χ2n) is 6.16. The van der Waals surface area contributed by atoms with E-state index in [9.17, 15) is 30.7 Å². The molecule has 1 aliphatic carbocycles. The SMILES string of the molecule is C[C@@H](Nc1nc(C#CC2CC(F)C2)nc(N[C@H](C)C(F)(F)F)n1)C(F)(F)F. The van der Waals surface area contributed by atoms with E-state index in [0.717, 1.165) is 13.8 Å². The first-order valence-electron chi connectivity index (χ1n) is 7.92. The minimum Gasteiger partial charge on any atom is -0.343 e. The third-order valence-electron chi connectivity index (χ3n) is 3.78. The average Bonchev–Trinajstić information content (AvgIpc) is 2.48. The summed E-state index contributed by atoms with van der Waals surface area (Å²) in [5.74, 6) is 3.37. The lowest BCUT2D eigenvalue weighted by Gasteiger charge is -2.24. The molecule has 1 heterocycles. The van der Waals surface area contributed by atoms with Gasteiger partial charge in [0.1, 0.15) is 18.3 Å². The minimum atomic E-state index is -4.62. The molecule has 2 N–H and O–H groups in total. The second-order valence-corrected chi connectivity index (χ2v) is 6.16. The van der Waals surface area contributed by atoms with Crippen molar-refractivity contribution >= 4 is 11.9 Å². The first-order chi connectivity index (χ1) is 12.3. The number of rotatable bonds is 4. The van der Waals surface area contributed by atoms with Gasteiger partial charge in [0, 0.05) is 5.92 Å². The summed E-state index contributed by atoms with van der Waals surface area (Å²) in [7, 11) is 0. The highest BCUT2D eigenvalue weighted by molar-refractivity contribution is 5.40. The highest BCUT2D eigenvalue weighted by atomic mass is 19.4. The Hall–Kier alpha value is -2.32. The Balaban J connectivity index is 2.26. The van der Waals surface area contributed by atoms with Crippen molar-refractivity contribution in [2.45, 2.75) is 57.3 Å². The molecule has 0 bridgehead atoms. The van der Waals surface area contributed by atoms with Gasteiger partial charge in [-0.1, -0.05) is 5.92 Å². The predicted molar refractivity (Wildman–Crippen MR) is 82.6 cm³/mol. The fraction of sp³-hybridized carbons (Fsp3) is 0.667. The molecule has 2 atom stereocenters. The van der Waals surface area contributed by atoms with E-state index in [1.165, 1.54) is 0 Å².